The number of benzene rings is 1. The first-order valence-electron chi connectivity index (χ1n) is 7.39. The molecule has 0 aliphatic carbocycles. The van der Waals surface area contributed by atoms with Crippen LogP contribution in [0, 0.1) is 0 Å². The summed E-state index contributed by atoms with van der Waals surface area (Å²) in [5.74, 6) is 2.19. The molecule has 2 rings (SSSR count). The minimum absolute atomic E-state index is 0.0476. The van der Waals surface area contributed by atoms with E-state index in [4.69, 9.17) is 0 Å². The first-order chi connectivity index (χ1) is 10.9. The number of hydrogen-bond acceptors (Lipinski definition) is 6. The average molecular weight is 392 g/mol. The molecule has 1 aliphatic rings. The number of thioether (sulfide) groups is 2. The molecule has 0 bridgehead atoms. The van der Waals surface area contributed by atoms with Crippen LogP contribution in [0.2, 0.25) is 0 Å². The van der Waals surface area contributed by atoms with E-state index in [0.717, 1.165) is 22.1 Å². The lowest BCUT2D eigenvalue weighted by Crippen LogP contribution is -2.29. The molecule has 1 fully saturated rings. The van der Waals surface area contributed by atoms with Crippen molar-refractivity contribution in [3.05, 3.63) is 29.8 Å². The Balaban J connectivity index is 1.95. The van der Waals surface area contributed by atoms with Crippen LogP contribution >= 0.6 is 34.3 Å². The van der Waals surface area contributed by atoms with Crippen LogP contribution in [0.4, 0.5) is 0 Å². The molecule has 1 atom stereocenters. The normalized spacial score (nSPS) is 18.6. The topological polar surface area (TPSA) is 54.5 Å². The van der Waals surface area contributed by atoms with Gasteiger partial charge in [-0.3, -0.25) is 4.79 Å². The predicted molar refractivity (Wildman–Crippen MR) is 102 cm³/mol. The van der Waals surface area contributed by atoms with Crippen LogP contribution in [-0.2, 0) is 13.7 Å². The Kier molecular flexibility index (Phi) is 7.19. The Bertz CT molecular complexity index is 631. The third kappa shape index (κ3) is 5.92. The highest BCUT2D eigenvalue weighted by atomic mass is 33.1. The maximum absolute atomic E-state index is 12.1. The van der Waals surface area contributed by atoms with Gasteiger partial charge in [-0.15, -0.1) is 23.5 Å². The van der Waals surface area contributed by atoms with Gasteiger partial charge in [0.15, 0.2) is 8.87 Å². The molecule has 1 aromatic rings. The number of hydrogen-bond donors (Lipinski definition) is 0. The molecule has 8 heteroatoms. The molecule has 1 heterocycles. The molecule has 1 amide bonds. The van der Waals surface area contributed by atoms with Crippen molar-refractivity contribution in [2.24, 2.45) is 0 Å². The lowest BCUT2D eigenvalue weighted by atomic mass is 10.2. The zero-order chi connectivity index (χ0) is 16.9. The van der Waals surface area contributed by atoms with Crippen LogP contribution in [0.3, 0.4) is 0 Å². The fraction of sp³-hybridized carbons (Fsp3) is 0.533. The molecule has 0 saturated carbocycles. The first kappa shape index (κ1) is 19.0. The smallest absolute Gasteiger partial charge is 0.233 e. The zero-order valence-corrected chi connectivity index (χ0v) is 16.5. The molecule has 1 saturated heterocycles. The maximum atomic E-state index is 12.1. The monoisotopic (exact) mass is 391 g/mol. The van der Waals surface area contributed by atoms with Crippen LogP contribution in [0.15, 0.2) is 29.2 Å². The van der Waals surface area contributed by atoms with E-state index in [9.17, 15) is 13.2 Å². The van der Waals surface area contributed by atoms with Crippen molar-refractivity contribution in [1.82, 2.24) is 4.90 Å². The number of rotatable bonds is 8. The Morgan fingerprint density at radius 1 is 1.30 bits per heavy atom. The second-order valence-electron chi connectivity index (χ2n) is 5.13. The van der Waals surface area contributed by atoms with Crippen LogP contribution in [-0.4, -0.2) is 49.3 Å². The summed E-state index contributed by atoms with van der Waals surface area (Å²) in [7, 11) is -2.06. The summed E-state index contributed by atoms with van der Waals surface area (Å²) >= 11 is 3.44. The molecule has 23 heavy (non-hydrogen) atoms. The maximum Gasteiger partial charge on any atom is 0.233 e. The van der Waals surface area contributed by atoms with Gasteiger partial charge in [-0.05, 0) is 40.7 Å². The molecule has 0 N–H and O–H groups in total. The largest absolute Gasteiger partial charge is 0.326 e. The van der Waals surface area contributed by atoms with Crippen molar-refractivity contribution in [2.45, 2.75) is 23.6 Å². The molecular formula is C15H21NO3S4. The summed E-state index contributed by atoms with van der Waals surface area (Å²) in [6, 6.07) is 8.38. The van der Waals surface area contributed by atoms with Crippen LogP contribution < -0.4 is 0 Å². The van der Waals surface area contributed by atoms with Gasteiger partial charge in [-0.1, -0.05) is 19.1 Å². The fourth-order valence-electron chi connectivity index (χ4n) is 2.31. The van der Waals surface area contributed by atoms with Crippen molar-refractivity contribution in [3.63, 3.8) is 0 Å². The third-order valence-corrected chi connectivity index (χ3v) is 8.10. The molecule has 4 nitrogen and oxygen atoms in total. The van der Waals surface area contributed by atoms with E-state index >= 15 is 0 Å². The highest BCUT2D eigenvalue weighted by Gasteiger charge is 2.32. The summed E-state index contributed by atoms with van der Waals surface area (Å²) in [6.45, 7) is 2.73. The summed E-state index contributed by atoms with van der Waals surface area (Å²) in [5.41, 5.74) is 1.14. The van der Waals surface area contributed by atoms with Crippen molar-refractivity contribution in [3.8, 4) is 0 Å². The van der Waals surface area contributed by atoms with Crippen LogP contribution in [0.25, 0.3) is 0 Å². The van der Waals surface area contributed by atoms with E-state index in [1.54, 1.807) is 23.5 Å². The summed E-state index contributed by atoms with van der Waals surface area (Å²) in [4.78, 5) is 15.2. The van der Waals surface area contributed by atoms with Crippen molar-refractivity contribution in [2.75, 3.05) is 30.1 Å². The van der Waals surface area contributed by atoms with E-state index in [0.29, 0.717) is 24.5 Å². The third-order valence-electron chi connectivity index (χ3n) is 3.29. The van der Waals surface area contributed by atoms with E-state index < -0.39 is 8.87 Å². The van der Waals surface area contributed by atoms with E-state index in [-0.39, 0.29) is 11.3 Å². The molecule has 0 radical (unpaired) electrons. The van der Waals surface area contributed by atoms with Crippen LogP contribution in [0.1, 0.15) is 24.3 Å². The molecule has 1 aliphatic heterocycles. The Hall–Kier alpha value is -0.310. The first-order valence-corrected chi connectivity index (χ1v) is 12.8. The molecular weight excluding hydrogens is 370 g/mol. The van der Waals surface area contributed by atoms with Crippen LogP contribution in [0.5, 0.6) is 0 Å². The Labute approximate surface area is 150 Å². The van der Waals surface area contributed by atoms with E-state index in [2.05, 4.69) is 31.2 Å². The van der Waals surface area contributed by atoms with Gasteiger partial charge < -0.3 is 4.90 Å². The minimum Gasteiger partial charge on any atom is -0.326 e. The second-order valence-corrected chi connectivity index (χ2v) is 12.1. The number of nitrogens with zero attached hydrogens (tertiary/aromatic N) is 1. The van der Waals surface area contributed by atoms with Gasteiger partial charge in [-0.2, -0.15) is 0 Å². The lowest BCUT2D eigenvalue weighted by Gasteiger charge is -2.24. The average Bonchev–Trinajstić information content (AvgIpc) is 2.85. The number of carbonyl (C=O) groups is 1. The van der Waals surface area contributed by atoms with Gasteiger partial charge >= 0.3 is 0 Å². The Morgan fingerprint density at radius 3 is 2.61 bits per heavy atom. The Morgan fingerprint density at radius 2 is 2.00 bits per heavy atom. The SMILES string of the molecule is CCSc1ccc(C2SCC(=O)N2CCCSS(C)(=O)=O)cc1. The van der Waals surface area contributed by atoms with E-state index in [1.165, 1.54) is 11.2 Å². The molecule has 1 unspecified atom stereocenters. The van der Waals surface area contributed by atoms with Gasteiger partial charge in [-0.25, -0.2) is 8.42 Å². The second kappa shape index (κ2) is 8.69. The molecule has 1 aromatic carbocycles. The molecule has 128 valence electrons. The quantitative estimate of drug-likeness (QED) is 0.384. The van der Waals surface area contributed by atoms with Gasteiger partial charge in [0.25, 0.3) is 0 Å². The highest BCUT2D eigenvalue weighted by molar-refractivity contribution is 8.71. The zero-order valence-electron chi connectivity index (χ0n) is 13.2. The number of carbonyl (C=O) groups excluding carboxylic acids is 1. The van der Waals surface area contributed by atoms with Gasteiger partial charge in [0.1, 0.15) is 5.37 Å². The van der Waals surface area contributed by atoms with Gasteiger partial charge in [0.2, 0.25) is 5.91 Å². The van der Waals surface area contributed by atoms with Gasteiger partial charge in [0.05, 0.1) is 5.75 Å². The minimum atomic E-state index is -3.00. The predicted octanol–water partition coefficient (Wildman–Crippen LogP) is 3.46. The van der Waals surface area contributed by atoms with Crippen molar-refractivity contribution < 1.29 is 13.2 Å². The van der Waals surface area contributed by atoms with Gasteiger partial charge in [0, 0.05) is 23.4 Å². The highest BCUT2D eigenvalue weighted by Crippen LogP contribution is 2.39. The summed E-state index contributed by atoms with van der Waals surface area (Å²) < 4.78 is 22.3. The summed E-state index contributed by atoms with van der Waals surface area (Å²) in [6.07, 6.45) is 1.90. The van der Waals surface area contributed by atoms with E-state index in [1.807, 2.05) is 4.90 Å². The summed E-state index contributed by atoms with van der Waals surface area (Å²) in [5, 5.41) is 0.0476. The fourth-order valence-corrected chi connectivity index (χ4v) is 6.00. The van der Waals surface area contributed by atoms with Crippen molar-refractivity contribution >= 4 is 49.1 Å². The van der Waals surface area contributed by atoms with Crippen molar-refractivity contribution in [1.29, 1.82) is 0 Å². The molecule has 0 aromatic heterocycles. The number of amides is 1. The lowest BCUT2D eigenvalue weighted by molar-refractivity contribution is -0.128. The molecule has 0 spiro atoms. The standard InChI is InChI=1S/C15H21NO3S4/c1-3-20-13-7-5-12(6-8-13)15-16(14(17)11-21-15)9-4-10-22-23(2,18)19/h5-8,15H,3-4,9-11H2,1-2H3.